The van der Waals surface area contributed by atoms with Crippen molar-refractivity contribution in [1.29, 1.82) is 0 Å². The molecule has 4 nitrogen and oxygen atoms in total. The average molecular weight is 261 g/mol. The summed E-state index contributed by atoms with van der Waals surface area (Å²) < 4.78 is 2.00. The summed E-state index contributed by atoms with van der Waals surface area (Å²) >= 11 is 0. The van der Waals surface area contributed by atoms with Crippen LogP contribution >= 0.6 is 0 Å². The highest BCUT2D eigenvalue weighted by Crippen LogP contribution is 2.39. The van der Waals surface area contributed by atoms with E-state index in [9.17, 15) is 4.79 Å². The third-order valence-corrected chi connectivity index (χ3v) is 4.98. The van der Waals surface area contributed by atoms with Gasteiger partial charge in [0.05, 0.1) is 0 Å². The molecule has 0 aromatic carbocycles. The SMILES string of the molecule is Cc1ccc(C(=O)N2CCC3(CCNCC3)C2)n1C. The highest BCUT2D eigenvalue weighted by Gasteiger charge is 2.40. The molecule has 19 heavy (non-hydrogen) atoms. The third kappa shape index (κ3) is 2.18. The van der Waals surface area contributed by atoms with Crippen LogP contribution in [0.4, 0.5) is 0 Å². The van der Waals surface area contributed by atoms with Crippen LogP contribution in [-0.4, -0.2) is 41.6 Å². The van der Waals surface area contributed by atoms with Crippen LogP contribution in [0.25, 0.3) is 0 Å². The van der Waals surface area contributed by atoms with Gasteiger partial charge in [0, 0.05) is 25.8 Å². The molecule has 104 valence electrons. The molecular formula is C15H23N3O. The number of amides is 1. The molecular weight excluding hydrogens is 238 g/mol. The van der Waals surface area contributed by atoms with Gasteiger partial charge in [-0.2, -0.15) is 0 Å². The summed E-state index contributed by atoms with van der Waals surface area (Å²) in [5.41, 5.74) is 2.35. The minimum absolute atomic E-state index is 0.200. The number of carbonyl (C=O) groups is 1. The summed E-state index contributed by atoms with van der Waals surface area (Å²) in [7, 11) is 1.97. The molecule has 1 aromatic rings. The summed E-state index contributed by atoms with van der Waals surface area (Å²) in [5, 5.41) is 3.42. The zero-order valence-electron chi connectivity index (χ0n) is 11.9. The van der Waals surface area contributed by atoms with Gasteiger partial charge in [0.2, 0.25) is 0 Å². The molecule has 0 atom stereocenters. The highest BCUT2D eigenvalue weighted by atomic mass is 16.2. The van der Waals surface area contributed by atoms with E-state index in [2.05, 4.69) is 10.2 Å². The van der Waals surface area contributed by atoms with Crippen LogP contribution in [0.5, 0.6) is 0 Å². The van der Waals surface area contributed by atoms with Crippen molar-refractivity contribution >= 4 is 5.91 Å². The Bertz CT molecular complexity index is 486. The van der Waals surface area contributed by atoms with E-state index < -0.39 is 0 Å². The molecule has 0 bridgehead atoms. The molecule has 1 N–H and O–H groups in total. The van der Waals surface area contributed by atoms with Crippen LogP contribution in [0, 0.1) is 12.3 Å². The van der Waals surface area contributed by atoms with Crippen molar-refractivity contribution in [1.82, 2.24) is 14.8 Å². The number of nitrogens with one attached hydrogen (secondary N) is 1. The van der Waals surface area contributed by atoms with Gasteiger partial charge in [0.15, 0.2) is 0 Å². The molecule has 1 aromatic heterocycles. The van der Waals surface area contributed by atoms with Crippen molar-refractivity contribution in [3.8, 4) is 0 Å². The number of piperidine rings is 1. The second kappa shape index (κ2) is 4.67. The van der Waals surface area contributed by atoms with Gasteiger partial charge in [0.25, 0.3) is 5.91 Å². The van der Waals surface area contributed by atoms with E-state index in [0.717, 1.165) is 37.6 Å². The number of aryl methyl sites for hydroxylation is 1. The van der Waals surface area contributed by atoms with Crippen molar-refractivity contribution in [3.05, 3.63) is 23.5 Å². The zero-order chi connectivity index (χ0) is 13.5. The lowest BCUT2D eigenvalue weighted by Gasteiger charge is -2.33. The second-order valence-corrected chi connectivity index (χ2v) is 6.15. The fraction of sp³-hybridized carbons (Fsp3) is 0.667. The molecule has 1 spiro atoms. The fourth-order valence-corrected chi connectivity index (χ4v) is 3.46. The Morgan fingerprint density at radius 1 is 1.26 bits per heavy atom. The van der Waals surface area contributed by atoms with Crippen LogP contribution in [0.2, 0.25) is 0 Å². The molecule has 0 radical (unpaired) electrons. The van der Waals surface area contributed by atoms with Crippen molar-refractivity contribution < 1.29 is 4.79 Å². The van der Waals surface area contributed by atoms with Gasteiger partial charge in [-0.15, -0.1) is 0 Å². The predicted molar refractivity (Wildman–Crippen MR) is 75.2 cm³/mol. The van der Waals surface area contributed by atoms with Crippen LogP contribution in [0.1, 0.15) is 35.4 Å². The molecule has 3 rings (SSSR count). The molecule has 1 amide bonds. The third-order valence-electron chi connectivity index (χ3n) is 4.98. The van der Waals surface area contributed by atoms with E-state index in [1.54, 1.807) is 0 Å². The second-order valence-electron chi connectivity index (χ2n) is 6.15. The Labute approximate surface area is 114 Å². The first-order chi connectivity index (χ1) is 9.11. The van der Waals surface area contributed by atoms with Crippen molar-refractivity contribution in [3.63, 3.8) is 0 Å². The molecule has 2 aliphatic heterocycles. The largest absolute Gasteiger partial charge is 0.344 e. The lowest BCUT2D eigenvalue weighted by atomic mass is 9.78. The first-order valence-corrected chi connectivity index (χ1v) is 7.24. The van der Waals surface area contributed by atoms with E-state index in [-0.39, 0.29) is 5.91 Å². The van der Waals surface area contributed by atoms with Crippen LogP contribution in [-0.2, 0) is 7.05 Å². The number of likely N-dealkylation sites (tertiary alicyclic amines) is 1. The molecule has 0 aliphatic carbocycles. The number of hydrogen-bond acceptors (Lipinski definition) is 2. The maximum absolute atomic E-state index is 12.6. The van der Waals surface area contributed by atoms with Gasteiger partial charge in [0.1, 0.15) is 5.69 Å². The van der Waals surface area contributed by atoms with E-state index in [0.29, 0.717) is 5.41 Å². The molecule has 3 heterocycles. The lowest BCUT2D eigenvalue weighted by Crippen LogP contribution is -2.40. The van der Waals surface area contributed by atoms with Crippen molar-refractivity contribution in [2.45, 2.75) is 26.2 Å². The zero-order valence-corrected chi connectivity index (χ0v) is 11.9. The van der Waals surface area contributed by atoms with Crippen LogP contribution in [0.3, 0.4) is 0 Å². The normalized spacial score (nSPS) is 22.1. The number of rotatable bonds is 1. The van der Waals surface area contributed by atoms with E-state index in [1.807, 2.05) is 30.7 Å². The standard InChI is InChI=1S/C15H23N3O/c1-12-3-4-13(17(12)2)14(19)18-10-7-15(11-18)5-8-16-9-6-15/h3-4,16H,5-11H2,1-2H3. The topological polar surface area (TPSA) is 37.3 Å². The Balaban J connectivity index is 1.74. The molecule has 2 fully saturated rings. The van der Waals surface area contributed by atoms with Gasteiger partial charge in [-0.25, -0.2) is 0 Å². The maximum Gasteiger partial charge on any atom is 0.270 e. The fourth-order valence-electron chi connectivity index (χ4n) is 3.46. The van der Waals surface area contributed by atoms with Crippen molar-refractivity contribution in [2.75, 3.05) is 26.2 Å². The predicted octanol–water partition coefficient (Wildman–Crippen LogP) is 1.55. The van der Waals surface area contributed by atoms with Crippen molar-refractivity contribution in [2.24, 2.45) is 12.5 Å². The first-order valence-electron chi connectivity index (χ1n) is 7.24. The van der Waals surface area contributed by atoms with Gasteiger partial charge < -0.3 is 14.8 Å². The lowest BCUT2D eigenvalue weighted by molar-refractivity contribution is 0.0752. The summed E-state index contributed by atoms with van der Waals surface area (Å²) in [4.78, 5) is 14.7. The monoisotopic (exact) mass is 261 g/mol. The van der Waals surface area contributed by atoms with E-state index in [4.69, 9.17) is 0 Å². The minimum Gasteiger partial charge on any atom is -0.344 e. The maximum atomic E-state index is 12.6. The Kier molecular flexibility index (Phi) is 3.13. The smallest absolute Gasteiger partial charge is 0.270 e. The van der Waals surface area contributed by atoms with Gasteiger partial charge in [-0.05, 0) is 56.8 Å². The molecule has 2 saturated heterocycles. The van der Waals surface area contributed by atoms with Crippen LogP contribution < -0.4 is 5.32 Å². The van der Waals surface area contributed by atoms with E-state index in [1.165, 1.54) is 19.3 Å². The van der Waals surface area contributed by atoms with E-state index >= 15 is 0 Å². The average Bonchev–Trinajstić information content (AvgIpc) is 2.96. The summed E-state index contributed by atoms with van der Waals surface area (Å²) in [6, 6.07) is 3.97. The molecule has 4 heteroatoms. The Morgan fingerprint density at radius 2 is 2.00 bits per heavy atom. The highest BCUT2D eigenvalue weighted by molar-refractivity contribution is 5.93. The quantitative estimate of drug-likeness (QED) is 0.833. The number of aromatic nitrogens is 1. The summed E-state index contributed by atoms with van der Waals surface area (Å²) in [5.74, 6) is 0.200. The van der Waals surface area contributed by atoms with Gasteiger partial charge >= 0.3 is 0 Å². The van der Waals surface area contributed by atoms with Gasteiger partial charge in [-0.1, -0.05) is 0 Å². The number of hydrogen-bond donors (Lipinski definition) is 1. The Hall–Kier alpha value is -1.29. The molecule has 0 saturated carbocycles. The molecule has 2 aliphatic rings. The Morgan fingerprint density at radius 3 is 2.63 bits per heavy atom. The number of carbonyl (C=O) groups excluding carboxylic acids is 1. The first kappa shape index (κ1) is 12.7. The minimum atomic E-state index is 0.200. The number of nitrogens with zero attached hydrogens (tertiary/aromatic N) is 2. The summed E-state index contributed by atoms with van der Waals surface area (Å²) in [6.07, 6.45) is 3.59. The van der Waals surface area contributed by atoms with Gasteiger partial charge in [-0.3, -0.25) is 4.79 Å². The summed E-state index contributed by atoms with van der Waals surface area (Å²) in [6.45, 7) is 6.10. The van der Waals surface area contributed by atoms with Crippen LogP contribution in [0.15, 0.2) is 12.1 Å². The molecule has 0 unspecified atom stereocenters.